The predicted molar refractivity (Wildman–Crippen MR) is 84.5 cm³/mol. The molecule has 0 amide bonds. The summed E-state index contributed by atoms with van der Waals surface area (Å²) in [6, 6.07) is 10.3. The molecule has 0 unspecified atom stereocenters. The van der Waals surface area contributed by atoms with Gasteiger partial charge in [0.25, 0.3) is 0 Å². The van der Waals surface area contributed by atoms with Gasteiger partial charge in [-0.15, -0.1) is 0 Å². The van der Waals surface area contributed by atoms with Crippen LogP contribution in [0.3, 0.4) is 0 Å². The molecule has 2 heterocycles. The molecule has 1 aliphatic rings. The van der Waals surface area contributed by atoms with Crippen molar-refractivity contribution in [2.24, 2.45) is 0 Å². The zero-order chi connectivity index (χ0) is 16.0. The Morgan fingerprint density at radius 2 is 2.00 bits per heavy atom. The number of methoxy groups -OCH3 is 1. The van der Waals surface area contributed by atoms with Crippen LogP contribution in [0.4, 0.5) is 4.39 Å². The van der Waals surface area contributed by atoms with Gasteiger partial charge in [-0.25, -0.2) is 9.37 Å². The van der Waals surface area contributed by atoms with Crippen LogP contribution in [0.1, 0.15) is 5.56 Å². The summed E-state index contributed by atoms with van der Waals surface area (Å²) < 4.78 is 29.7. The first-order valence-corrected chi connectivity index (χ1v) is 7.20. The third-order valence-electron chi connectivity index (χ3n) is 3.93. The molecular formula is C18H14FNO3. The predicted octanol–water partition coefficient (Wildman–Crippen LogP) is 4.09. The molecular weight excluding hydrogens is 297 g/mol. The van der Waals surface area contributed by atoms with Gasteiger partial charge in [-0.2, -0.15) is 0 Å². The highest BCUT2D eigenvalue weighted by Crippen LogP contribution is 2.44. The Hall–Kier alpha value is -2.82. The summed E-state index contributed by atoms with van der Waals surface area (Å²) in [6.45, 7) is 2.12. The van der Waals surface area contributed by atoms with Crippen molar-refractivity contribution >= 4 is 10.9 Å². The molecule has 4 nitrogen and oxygen atoms in total. The summed E-state index contributed by atoms with van der Waals surface area (Å²) in [7, 11) is 1.59. The number of pyridine rings is 1. The fourth-order valence-electron chi connectivity index (χ4n) is 2.79. The normalized spacial score (nSPS) is 12.7. The number of benzene rings is 2. The number of aryl methyl sites for hydroxylation is 1. The molecule has 0 atom stereocenters. The number of fused-ring (bicyclic) bond motifs is 2. The molecule has 116 valence electrons. The monoisotopic (exact) mass is 311 g/mol. The van der Waals surface area contributed by atoms with Crippen LogP contribution in [0, 0.1) is 12.7 Å². The fraction of sp³-hybridized carbons (Fsp3) is 0.167. The third kappa shape index (κ3) is 2.25. The number of aromatic nitrogens is 1. The van der Waals surface area contributed by atoms with Gasteiger partial charge in [-0.3, -0.25) is 0 Å². The molecule has 0 bridgehead atoms. The van der Waals surface area contributed by atoms with Crippen molar-refractivity contribution in [1.82, 2.24) is 4.98 Å². The minimum atomic E-state index is -0.264. The van der Waals surface area contributed by atoms with E-state index in [1.165, 1.54) is 12.1 Å². The van der Waals surface area contributed by atoms with Gasteiger partial charge >= 0.3 is 0 Å². The number of rotatable bonds is 2. The van der Waals surface area contributed by atoms with E-state index in [2.05, 4.69) is 4.98 Å². The number of halogens is 1. The van der Waals surface area contributed by atoms with Crippen molar-refractivity contribution in [2.75, 3.05) is 13.9 Å². The van der Waals surface area contributed by atoms with Gasteiger partial charge < -0.3 is 14.2 Å². The fourth-order valence-corrected chi connectivity index (χ4v) is 2.79. The second-order valence-electron chi connectivity index (χ2n) is 5.40. The molecule has 0 aliphatic carbocycles. The highest BCUT2D eigenvalue weighted by Gasteiger charge is 2.21. The molecule has 2 aromatic carbocycles. The Balaban J connectivity index is 1.91. The molecule has 0 spiro atoms. The average molecular weight is 311 g/mol. The molecule has 0 saturated heterocycles. The Labute approximate surface area is 132 Å². The standard InChI is InChI=1S/C18H14FNO3/c1-10-5-15(20-14-4-3-12(19)8-13(10)14)11-6-16(21-2)18-17(7-11)22-9-23-18/h3-8H,9H2,1-2H3. The van der Waals surface area contributed by atoms with Gasteiger partial charge in [0.15, 0.2) is 11.5 Å². The van der Waals surface area contributed by atoms with E-state index in [0.29, 0.717) is 17.2 Å². The average Bonchev–Trinajstić information content (AvgIpc) is 3.03. The van der Waals surface area contributed by atoms with Gasteiger partial charge in [-0.1, -0.05) is 0 Å². The van der Waals surface area contributed by atoms with Crippen molar-refractivity contribution in [2.45, 2.75) is 6.92 Å². The maximum atomic E-state index is 13.4. The van der Waals surface area contributed by atoms with Gasteiger partial charge in [-0.05, 0) is 48.9 Å². The second kappa shape index (κ2) is 5.12. The first-order valence-electron chi connectivity index (χ1n) is 7.20. The number of ether oxygens (including phenoxy) is 3. The van der Waals surface area contributed by atoms with Crippen LogP contribution in [0.15, 0.2) is 36.4 Å². The van der Waals surface area contributed by atoms with E-state index in [1.807, 2.05) is 25.1 Å². The summed E-state index contributed by atoms with van der Waals surface area (Å²) in [5.41, 5.74) is 3.35. The second-order valence-corrected chi connectivity index (χ2v) is 5.40. The first-order chi connectivity index (χ1) is 11.2. The Morgan fingerprint density at radius 3 is 2.83 bits per heavy atom. The molecule has 23 heavy (non-hydrogen) atoms. The lowest BCUT2D eigenvalue weighted by molar-refractivity contribution is 0.171. The quantitative estimate of drug-likeness (QED) is 0.715. The molecule has 1 aliphatic heterocycles. The van der Waals surface area contributed by atoms with Gasteiger partial charge in [0.2, 0.25) is 12.5 Å². The molecule has 5 heteroatoms. The van der Waals surface area contributed by atoms with E-state index in [4.69, 9.17) is 14.2 Å². The van der Waals surface area contributed by atoms with Crippen LogP contribution in [0.5, 0.6) is 17.2 Å². The molecule has 0 N–H and O–H groups in total. The molecule has 0 radical (unpaired) electrons. The van der Waals surface area contributed by atoms with Gasteiger partial charge in [0.05, 0.1) is 18.3 Å². The van der Waals surface area contributed by atoms with E-state index in [0.717, 1.165) is 27.7 Å². The van der Waals surface area contributed by atoms with Crippen LogP contribution < -0.4 is 14.2 Å². The highest BCUT2D eigenvalue weighted by molar-refractivity contribution is 5.85. The van der Waals surface area contributed by atoms with E-state index < -0.39 is 0 Å². The van der Waals surface area contributed by atoms with Crippen molar-refractivity contribution in [3.05, 3.63) is 47.8 Å². The van der Waals surface area contributed by atoms with Crippen molar-refractivity contribution in [3.8, 4) is 28.5 Å². The first kappa shape index (κ1) is 13.8. The van der Waals surface area contributed by atoms with E-state index in [9.17, 15) is 4.39 Å². The lowest BCUT2D eigenvalue weighted by Crippen LogP contribution is -1.93. The van der Waals surface area contributed by atoms with Crippen LogP contribution in [-0.4, -0.2) is 18.9 Å². The summed E-state index contributed by atoms with van der Waals surface area (Å²) in [6.07, 6.45) is 0. The van der Waals surface area contributed by atoms with Crippen molar-refractivity contribution in [3.63, 3.8) is 0 Å². The summed E-state index contributed by atoms with van der Waals surface area (Å²) in [5, 5.41) is 0.807. The lowest BCUT2D eigenvalue weighted by atomic mass is 10.0. The van der Waals surface area contributed by atoms with Crippen LogP contribution in [0.25, 0.3) is 22.2 Å². The van der Waals surface area contributed by atoms with Crippen LogP contribution >= 0.6 is 0 Å². The minimum absolute atomic E-state index is 0.179. The molecule has 0 fully saturated rings. The maximum absolute atomic E-state index is 13.4. The Kier molecular flexibility index (Phi) is 3.08. The zero-order valence-electron chi connectivity index (χ0n) is 12.7. The highest BCUT2D eigenvalue weighted by atomic mass is 19.1. The third-order valence-corrected chi connectivity index (χ3v) is 3.93. The summed E-state index contributed by atoms with van der Waals surface area (Å²) in [4.78, 5) is 4.63. The topological polar surface area (TPSA) is 40.6 Å². The largest absolute Gasteiger partial charge is 0.493 e. The number of hydrogen-bond acceptors (Lipinski definition) is 4. The molecule has 3 aromatic rings. The van der Waals surface area contributed by atoms with Crippen LogP contribution in [-0.2, 0) is 0 Å². The number of hydrogen-bond donors (Lipinski definition) is 0. The SMILES string of the molecule is COc1cc(-c2cc(C)c3cc(F)ccc3n2)cc2c1OCO2. The molecule has 4 rings (SSSR count). The van der Waals surface area contributed by atoms with Crippen LogP contribution in [0.2, 0.25) is 0 Å². The van der Waals surface area contributed by atoms with Gasteiger partial charge in [0, 0.05) is 10.9 Å². The number of nitrogens with zero attached hydrogens (tertiary/aromatic N) is 1. The minimum Gasteiger partial charge on any atom is -0.493 e. The van der Waals surface area contributed by atoms with E-state index in [1.54, 1.807) is 13.2 Å². The lowest BCUT2D eigenvalue weighted by Gasteiger charge is -2.10. The van der Waals surface area contributed by atoms with Crippen molar-refractivity contribution in [1.29, 1.82) is 0 Å². The van der Waals surface area contributed by atoms with E-state index in [-0.39, 0.29) is 12.6 Å². The summed E-state index contributed by atoms with van der Waals surface area (Å²) >= 11 is 0. The summed E-state index contributed by atoms with van der Waals surface area (Å²) in [5.74, 6) is 1.59. The Bertz CT molecular complexity index is 924. The Morgan fingerprint density at radius 1 is 1.13 bits per heavy atom. The van der Waals surface area contributed by atoms with E-state index >= 15 is 0 Å². The zero-order valence-corrected chi connectivity index (χ0v) is 12.7. The van der Waals surface area contributed by atoms with Crippen molar-refractivity contribution < 1.29 is 18.6 Å². The molecule has 1 aromatic heterocycles. The smallest absolute Gasteiger partial charge is 0.231 e. The molecule has 0 saturated carbocycles. The van der Waals surface area contributed by atoms with Gasteiger partial charge in [0.1, 0.15) is 5.82 Å². The maximum Gasteiger partial charge on any atom is 0.231 e.